The van der Waals surface area contributed by atoms with Crippen LogP contribution in [0.15, 0.2) is 52.3 Å². The van der Waals surface area contributed by atoms with E-state index in [1.54, 1.807) is 11.8 Å². The summed E-state index contributed by atoms with van der Waals surface area (Å²) in [5.74, 6) is -0.0433. The fourth-order valence-electron chi connectivity index (χ4n) is 4.01. The molecule has 0 aliphatic carbocycles. The zero-order chi connectivity index (χ0) is 20.4. The zero-order valence-electron chi connectivity index (χ0n) is 16.8. The fraction of sp³-hybridized carbons (Fsp3) is 0.348. The highest BCUT2D eigenvalue weighted by atomic mass is 35.5. The zero-order valence-corrected chi connectivity index (χ0v) is 18.4. The van der Waals surface area contributed by atoms with Crippen LogP contribution in [0.25, 0.3) is 10.9 Å². The molecule has 1 aromatic heterocycles. The largest absolute Gasteiger partial charge is 0.350 e. The van der Waals surface area contributed by atoms with Gasteiger partial charge in [-0.05, 0) is 68.8 Å². The van der Waals surface area contributed by atoms with E-state index in [1.807, 2.05) is 24.3 Å². The van der Waals surface area contributed by atoms with E-state index in [2.05, 4.69) is 47.2 Å². The molecule has 29 heavy (non-hydrogen) atoms. The molecule has 3 aromatic rings. The highest BCUT2D eigenvalue weighted by Gasteiger charge is 2.25. The molecular weight excluding hydrogens is 402 g/mol. The highest BCUT2D eigenvalue weighted by Crippen LogP contribution is 2.37. The van der Waals surface area contributed by atoms with Crippen LogP contribution in [-0.2, 0) is 0 Å². The second-order valence-electron chi connectivity index (χ2n) is 7.57. The summed E-state index contributed by atoms with van der Waals surface area (Å²) in [4.78, 5) is 20.9. The predicted octanol–water partition coefficient (Wildman–Crippen LogP) is 5.50. The molecule has 2 N–H and O–H groups in total. The number of benzene rings is 2. The van der Waals surface area contributed by atoms with Crippen molar-refractivity contribution in [3.05, 3.63) is 58.7 Å². The number of nitrogens with one attached hydrogen (secondary N) is 2. The normalized spacial score (nSPS) is 17.1. The van der Waals surface area contributed by atoms with Crippen molar-refractivity contribution in [3.8, 4) is 0 Å². The first kappa shape index (κ1) is 20.3. The molecule has 4 nitrogen and oxygen atoms in total. The summed E-state index contributed by atoms with van der Waals surface area (Å²) >= 11 is 7.63. The molecule has 1 fully saturated rings. The molecule has 1 saturated heterocycles. The van der Waals surface area contributed by atoms with Gasteiger partial charge in [-0.3, -0.25) is 9.69 Å². The average Bonchev–Trinajstić information content (AvgIpc) is 3.32. The molecule has 1 atom stereocenters. The molecular formula is C23H26ClN3OS. The van der Waals surface area contributed by atoms with Crippen LogP contribution in [0.3, 0.4) is 0 Å². The second kappa shape index (κ2) is 8.82. The molecule has 4 rings (SSSR count). The Morgan fingerprint density at radius 2 is 2.07 bits per heavy atom. The van der Waals surface area contributed by atoms with E-state index >= 15 is 0 Å². The maximum atomic E-state index is 13.1. The van der Waals surface area contributed by atoms with Crippen LogP contribution in [0.2, 0.25) is 5.02 Å². The third-order valence-corrected chi connectivity index (χ3v) is 6.96. The molecule has 0 bridgehead atoms. The highest BCUT2D eigenvalue weighted by molar-refractivity contribution is 7.99. The number of aromatic nitrogens is 1. The standard InChI is InChI=1S/C23H26ClN3OS/c1-3-27-12-4-5-17(27)14-25-23(28)21-22(29-18-9-7-16(24)8-10-18)19-11-6-15(2)13-20(19)26-21/h6-11,13,17,26H,3-5,12,14H2,1-2H3,(H,25,28)/t17-/m0/s1. The van der Waals surface area contributed by atoms with Crippen molar-refractivity contribution in [3.63, 3.8) is 0 Å². The number of H-pyrrole nitrogens is 1. The summed E-state index contributed by atoms with van der Waals surface area (Å²) in [6.07, 6.45) is 2.35. The summed E-state index contributed by atoms with van der Waals surface area (Å²) in [5, 5.41) is 4.94. The average molecular weight is 428 g/mol. The van der Waals surface area contributed by atoms with E-state index in [4.69, 9.17) is 11.6 Å². The Balaban J connectivity index is 1.61. The van der Waals surface area contributed by atoms with Crippen molar-refractivity contribution in [1.82, 2.24) is 15.2 Å². The molecule has 0 spiro atoms. The van der Waals surface area contributed by atoms with Gasteiger partial charge in [-0.15, -0.1) is 0 Å². The van der Waals surface area contributed by atoms with Gasteiger partial charge in [0, 0.05) is 33.4 Å². The first-order valence-electron chi connectivity index (χ1n) is 10.1. The van der Waals surface area contributed by atoms with Gasteiger partial charge < -0.3 is 10.3 Å². The maximum absolute atomic E-state index is 13.1. The number of amides is 1. The fourth-order valence-corrected chi connectivity index (χ4v) is 5.18. The number of rotatable bonds is 6. The van der Waals surface area contributed by atoms with Crippen LogP contribution in [0, 0.1) is 6.92 Å². The number of aryl methyl sites for hydroxylation is 1. The number of nitrogens with zero attached hydrogens (tertiary/aromatic N) is 1. The van der Waals surface area contributed by atoms with Crippen LogP contribution >= 0.6 is 23.4 Å². The van der Waals surface area contributed by atoms with E-state index in [9.17, 15) is 4.79 Å². The Morgan fingerprint density at radius 3 is 2.83 bits per heavy atom. The van der Waals surface area contributed by atoms with E-state index in [-0.39, 0.29) is 5.91 Å². The van der Waals surface area contributed by atoms with Gasteiger partial charge in [-0.2, -0.15) is 0 Å². The lowest BCUT2D eigenvalue weighted by molar-refractivity contribution is 0.0934. The molecule has 152 valence electrons. The Hall–Kier alpha value is -1.95. The van der Waals surface area contributed by atoms with Crippen molar-refractivity contribution in [2.24, 2.45) is 0 Å². The summed E-state index contributed by atoms with van der Waals surface area (Å²) in [7, 11) is 0. The number of hydrogen-bond donors (Lipinski definition) is 2. The van der Waals surface area contributed by atoms with Gasteiger partial charge in [-0.1, -0.05) is 42.4 Å². The lowest BCUT2D eigenvalue weighted by atomic mass is 10.2. The Kier molecular flexibility index (Phi) is 6.18. The molecule has 2 heterocycles. The first-order chi connectivity index (χ1) is 14.0. The van der Waals surface area contributed by atoms with Gasteiger partial charge in [0.05, 0.1) is 4.90 Å². The number of hydrogen-bond acceptors (Lipinski definition) is 3. The number of carbonyl (C=O) groups excluding carboxylic acids is 1. The number of likely N-dealkylation sites (N-methyl/N-ethyl adjacent to an activating group) is 1. The first-order valence-corrected chi connectivity index (χ1v) is 11.3. The van der Waals surface area contributed by atoms with Crippen molar-refractivity contribution < 1.29 is 4.79 Å². The van der Waals surface area contributed by atoms with E-state index < -0.39 is 0 Å². The number of halogens is 1. The molecule has 0 unspecified atom stereocenters. The molecule has 0 radical (unpaired) electrons. The summed E-state index contributed by atoms with van der Waals surface area (Å²) < 4.78 is 0. The maximum Gasteiger partial charge on any atom is 0.268 e. The molecule has 1 aliphatic heterocycles. The van der Waals surface area contributed by atoms with Gasteiger partial charge in [-0.25, -0.2) is 0 Å². The Labute approximate surface area is 181 Å². The number of likely N-dealkylation sites (tertiary alicyclic amines) is 1. The molecule has 6 heteroatoms. The van der Waals surface area contributed by atoms with E-state index in [1.165, 1.54) is 12.0 Å². The van der Waals surface area contributed by atoms with Crippen LogP contribution in [0.5, 0.6) is 0 Å². The van der Waals surface area contributed by atoms with E-state index in [0.717, 1.165) is 40.2 Å². The van der Waals surface area contributed by atoms with Gasteiger partial charge in [0.25, 0.3) is 5.91 Å². The van der Waals surface area contributed by atoms with Crippen LogP contribution < -0.4 is 5.32 Å². The Bertz CT molecular complexity index is 1010. The lowest BCUT2D eigenvalue weighted by Gasteiger charge is -2.22. The minimum Gasteiger partial charge on any atom is -0.350 e. The summed E-state index contributed by atoms with van der Waals surface area (Å²) in [6.45, 7) is 7.09. The van der Waals surface area contributed by atoms with Crippen molar-refractivity contribution in [2.45, 2.75) is 42.5 Å². The number of fused-ring (bicyclic) bond motifs is 1. The predicted molar refractivity (Wildman–Crippen MR) is 121 cm³/mol. The van der Waals surface area contributed by atoms with Gasteiger partial charge >= 0.3 is 0 Å². The topological polar surface area (TPSA) is 48.1 Å². The minimum atomic E-state index is -0.0433. The van der Waals surface area contributed by atoms with Gasteiger partial charge in [0.1, 0.15) is 5.69 Å². The summed E-state index contributed by atoms with van der Waals surface area (Å²) in [5.41, 5.74) is 2.78. The lowest BCUT2D eigenvalue weighted by Crippen LogP contribution is -2.40. The minimum absolute atomic E-state index is 0.0433. The molecule has 2 aromatic carbocycles. The van der Waals surface area contributed by atoms with E-state index in [0.29, 0.717) is 23.3 Å². The monoisotopic (exact) mass is 427 g/mol. The van der Waals surface area contributed by atoms with Gasteiger partial charge in [0.2, 0.25) is 0 Å². The van der Waals surface area contributed by atoms with Crippen LogP contribution in [0.4, 0.5) is 0 Å². The third kappa shape index (κ3) is 4.47. The van der Waals surface area contributed by atoms with Crippen LogP contribution in [0.1, 0.15) is 35.8 Å². The van der Waals surface area contributed by atoms with Gasteiger partial charge in [0.15, 0.2) is 0 Å². The second-order valence-corrected chi connectivity index (χ2v) is 9.09. The quantitative estimate of drug-likeness (QED) is 0.546. The number of carbonyl (C=O) groups is 1. The number of aromatic amines is 1. The summed E-state index contributed by atoms with van der Waals surface area (Å²) in [6, 6.07) is 14.4. The van der Waals surface area contributed by atoms with Crippen molar-refractivity contribution in [2.75, 3.05) is 19.6 Å². The SMILES string of the molecule is CCN1CCC[C@H]1CNC(=O)c1[nH]c2cc(C)ccc2c1Sc1ccc(Cl)cc1. The molecule has 0 saturated carbocycles. The third-order valence-electron chi connectivity index (χ3n) is 5.57. The molecule has 1 amide bonds. The Morgan fingerprint density at radius 1 is 1.28 bits per heavy atom. The smallest absolute Gasteiger partial charge is 0.268 e. The van der Waals surface area contributed by atoms with Crippen LogP contribution in [-0.4, -0.2) is 41.5 Å². The molecule has 1 aliphatic rings. The van der Waals surface area contributed by atoms with Crippen molar-refractivity contribution >= 4 is 40.2 Å². The van der Waals surface area contributed by atoms with Crippen molar-refractivity contribution in [1.29, 1.82) is 0 Å².